The van der Waals surface area contributed by atoms with Crippen LogP contribution in [0.15, 0.2) is 71.3 Å². The number of furan rings is 1. The third-order valence-corrected chi connectivity index (χ3v) is 3.95. The van der Waals surface area contributed by atoms with Gasteiger partial charge in [-0.25, -0.2) is 0 Å². The molecule has 0 aliphatic carbocycles. The minimum Gasteiger partial charge on any atom is -0.459 e. The fraction of sp³-hybridized carbons (Fsp3) is 0.100. The van der Waals surface area contributed by atoms with Crippen LogP contribution in [0.4, 0.5) is 17.1 Å². The van der Waals surface area contributed by atoms with E-state index in [2.05, 4.69) is 16.0 Å². The van der Waals surface area contributed by atoms with Crippen LogP contribution < -0.4 is 16.0 Å². The molecule has 0 saturated carbocycles. The minimum atomic E-state index is -0.463. The van der Waals surface area contributed by atoms with E-state index in [0.29, 0.717) is 30.0 Å². The lowest BCUT2D eigenvalue weighted by Crippen LogP contribution is -2.28. The van der Waals surface area contributed by atoms with Gasteiger partial charge in [0.2, 0.25) is 0 Å². The number of rotatable bonds is 8. The van der Waals surface area contributed by atoms with E-state index in [1.807, 2.05) is 0 Å². The fourth-order valence-corrected chi connectivity index (χ4v) is 2.52. The number of nitro groups is 1. The molecule has 3 N–H and O–H groups in total. The number of non-ortho nitro benzene ring substituents is 1. The van der Waals surface area contributed by atoms with E-state index >= 15 is 0 Å². The lowest BCUT2D eigenvalue weighted by molar-refractivity contribution is -0.384. The number of hydrogen-bond acceptors (Lipinski definition) is 6. The Balaban J connectivity index is 1.48. The molecule has 29 heavy (non-hydrogen) atoms. The van der Waals surface area contributed by atoms with E-state index in [4.69, 9.17) is 4.42 Å². The van der Waals surface area contributed by atoms with Gasteiger partial charge in [0.1, 0.15) is 0 Å². The molecule has 0 aliphatic rings. The Labute approximate surface area is 165 Å². The lowest BCUT2D eigenvalue weighted by atomic mass is 10.2. The molecular formula is C20H18N4O5. The summed E-state index contributed by atoms with van der Waals surface area (Å²) in [6.07, 6.45) is 1.41. The van der Waals surface area contributed by atoms with Gasteiger partial charge in [0.05, 0.1) is 11.2 Å². The fourth-order valence-electron chi connectivity index (χ4n) is 2.52. The molecule has 148 valence electrons. The van der Waals surface area contributed by atoms with E-state index in [0.717, 1.165) is 0 Å². The second kappa shape index (κ2) is 9.18. The number of amides is 2. The first kappa shape index (κ1) is 19.6. The third kappa shape index (κ3) is 5.42. The predicted molar refractivity (Wildman–Crippen MR) is 107 cm³/mol. The first-order valence-electron chi connectivity index (χ1n) is 8.74. The zero-order valence-corrected chi connectivity index (χ0v) is 15.3. The zero-order valence-electron chi connectivity index (χ0n) is 15.3. The second-order valence-corrected chi connectivity index (χ2v) is 6.00. The average Bonchev–Trinajstić information content (AvgIpc) is 3.27. The molecule has 1 heterocycles. The number of hydrogen-bond donors (Lipinski definition) is 3. The van der Waals surface area contributed by atoms with Crippen molar-refractivity contribution < 1.29 is 18.9 Å². The summed E-state index contributed by atoms with van der Waals surface area (Å²) in [4.78, 5) is 34.5. The van der Waals surface area contributed by atoms with Crippen LogP contribution in [0, 0.1) is 10.1 Å². The van der Waals surface area contributed by atoms with Crippen molar-refractivity contribution in [2.45, 2.75) is 0 Å². The lowest BCUT2D eigenvalue weighted by Gasteiger charge is -2.09. The third-order valence-electron chi connectivity index (χ3n) is 3.95. The van der Waals surface area contributed by atoms with E-state index in [9.17, 15) is 19.7 Å². The summed E-state index contributed by atoms with van der Waals surface area (Å²) in [5, 5.41) is 19.1. The molecule has 2 aromatic carbocycles. The number of carbonyl (C=O) groups excluding carboxylic acids is 2. The highest BCUT2D eigenvalue weighted by Gasteiger charge is 2.11. The van der Waals surface area contributed by atoms with Crippen LogP contribution >= 0.6 is 0 Å². The number of nitrogens with zero attached hydrogens (tertiary/aromatic N) is 1. The van der Waals surface area contributed by atoms with Crippen molar-refractivity contribution in [3.05, 3.63) is 88.4 Å². The van der Waals surface area contributed by atoms with Crippen LogP contribution in [0.1, 0.15) is 20.9 Å². The average molecular weight is 394 g/mol. The number of nitro benzene ring substituents is 1. The monoisotopic (exact) mass is 394 g/mol. The summed E-state index contributed by atoms with van der Waals surface area (Å²) < 4.78 is 5.03. The normalized spacial score (nSPS) is 10.2. The largest absolute Gasteiger partial charge is 0.459 e. The van der Waals surface area contributed by atoms with Crippen molar-refractivity contribution in [2.24, 2.45) is 0 Å². The number of nitrogens with one attached hydrogen (secondary N) is 3. The Hall–Kier alpha value is -4.14. The van der Waals surface area contributed by atoms with Gasteiger partial charge in [0.25, 0.3) is 17.5 Å². The molecule has 2 amide bonds. The topological polar surface area (TPSA) is 127 Å². The number of anilines is 2. The maximum Gasteiger partial charge on any atom is 0.291 e. The molecule has 0 saturated heterocycles. The first-order valence-corrected chi connectivity index (χ1v) is 8.74. The maximum absolute atomic E-state index is 12.3. The van der Waals surface area contributed by atoms with Crippen LogP contribution in [0.5, 0.6) is 0 Å². The summed E-state index contributed by atoms with van der Waals surface area (Å²) in [6.45, 7) is 0.789. The molecule has 9 heteroatoms. The van der Waals surface area contributed by atoms with Crippen molar-refractivity contribution in [2.75, 3.05) is 23.7 Å². The molecular weight excluding hydrogens is 376 g/mol. The van der Waals surface area contributed by atoms with Crippen molar-refractivity contribution in [3.63, 3.8) is 0 Å². The SMILES string of the molecule is O=C(NCCNc1ccc([N+](=O)[O-])cc1)c1cccc(NC(=O)c2ccco2)c1. The Morgan fingerprint density at radius 2 is 1.72 bits per heavy atom. The van der Waals surface area contributed by atoms with Crippen LogP contribution in [0.25, 0.3) is 0 Å². The van der Waals surface area contributed by atoms with Crippen LogP contribution in [0.3, 0.4) is 0 Å². The minimum absolute atomic E-state index is 0.0165. The second-order valence-electron chi connectivity index (χ2n) is 6.00. The van der Waals surface area contributed by atoms with Gasteiger partial charge in [0, 0.05) is 42.2 Å². The summed E-state index contributed by atoms with van der Waals surface area (Å²) >= 11 is 0. The standard InChI is InChI=1S/C20H18N4O5/c25-19(22-11-10-21-15-6-8-17(9-7-15)24(27)28)14-3-1-4-16(13-14)23-20(26)18-5-2-12-29-18/h1-9,12-13,21H,10-11H2,(H,22,25)(H,23,26). The van der Waals surface area contributed by atoms with Gasteiger partial charge in [-0.15, -0.1) is 0 Å². The first-order chi connectivity index (χ1) is 14.0. The molecule has 0 unspecified atom stereocenters. The molecule has 0 fully saturated rings. The number of carbonyl (C=O) groups is 2. The quantitative estimate of drug-likeness (QED) is 0.306. The molecule has 0 atom stereocenters. The van der Waals surface area contributed by atoms with E-state index < -0.39 is 10.8 Å². The highest BCUT2D eigenvalue weighted by atomic mass is 16.6. The van der Waals surface area contributed by atoms with Crippen LogP contribution in [-0.2, 0) is 0 Å². The van der Waals surface area contributed by atoms with E-state index in [1.54, 1.807) is 48.5 Å². The summed E-state index contributed by atoms with van der Waals surface area (Å²) in [7, 11) is 0. The molecule has 0 bridgehead atoms. The van der Waals surface area contributed by atoms with Crippen molar-refractivity contribution in [1.82, 2.24) is 5.32 Å². The van der Waals surface area contributed by atoms with Gasteiger partial charge in [-0.2, -0.15) is 0 Å². The molecule has 3 aromatic rings. The molecule has 3 rings (SSSR count). The molecule has 0 radical (unpaired) electrons. The van der Waals surface area contributed by atoms with E-state index in [1.165, 1.54) is 18.4 Å². The highest BCUT2D eigenvalue weighted by molar-refractivity contribution is 6.03. The van der Waals surface area contributed by atoms with Gasteiger partial charge in [0.15, 0.2) is 5.76 Å². The Morgan fingerprint density at radius 3 is 2.41 bits per heavy atom. The van der Waals surface area contributed by atoms with Gasteiger partial charge in [-0.05, 0) is 42.5 Å². The van der Waals surface area contributed by atoms with Crippen LogP contribution in [-0.4, -0.2) is 29.8 Å². The molecule has 0 aliphatic heterocycles. The Bertz CT molecular complexity index is 1000. The zero-order chi connectivity index (χ0) is 20.6. The van der Waals surface area contributed by atoms with Gasteiger partial charge in [-0.1, -0.05) is 6.07 Å². The smallest absolute Gasteiger partial charge is 0.291 e. The molecule has 1 aromatic heterocycles. The van der Waals surface area contributed by atoms with Crippen LogP contribution in [0.2, 0.25) is 0 Å². The van der Waals surface area contributed by atoms with Crippen molar-refractivity contribution in [3.8, 4) is 0 Å². The maximum atomic E-state index is 12.3. The Morgan fingerprint density at radius 1 is 0.931 bits per heavy atom. The number of benzene rings is 2. The van der Waals surface area contributed by atoms with Gasteiger partial charge in [-0.3, -0.25) is 19.7 Å². The van der Waals surface area contributed by atoms with E-state index in [-0.39, 0.29) is 17.4 Å². The summed E-state index contributed by atoms with van der Waals surface area (Å²) in [5.41, 5.74) is 1.61. The predicted octanol–water partition coefficient (Wildman–Crippen LogP) is 3.28. The van der Waals surface area contributed by atoms with Crippen molar-refractivity contribution >= 4 is 28.9 Å². The summed E-state index contributed by atoms with van der Waals surface area (Å²) in [6, 6.07) is 15.7. The molecule has 9 nitrogen and oxygen atoms in total. The van der Waals surface area contributed by atoms with Gasteiger partial charge < -0.3 is 20.4 Å². The van der Waals surface area contributed by atoms with Gasteiger partial charge >= 0.3 is 0 Å². The molecule has 0 spiro atoms. The van der Waals surface area contributed by atoms with Crippen molar-refractivity contribution in [1.29, 1.82) is 0 Å². The summed E-state index contributed by atoms with van der Waals surface area (Å²) in [5.74, 6) is -0.512. The Kier molecular flexibility index (Phi) is 6.21. The highest BCUT2D eigenvalue weighted by Crippen LogP contribution is 2.15.